The molecule has 0 aliphatic heterocycles. The minimum Gasteiger partial charge on any atom is -0.507 e. The van der Waals surface area contributed by atoms with Gasteiger partial charge in [0, 0.05) is 37.3 Å². The van der Waals surface area contributed by atoms with Crippen LogP contribution in [0.3, 0.4) is 0 Å². The Bertz CT molecular complexity index is 1080. The van der Waals surface area contributed by atoms with Crippen LogP contribution in [-0.4, -0.2) is 46.2 Å². The summed E-state index contributed by atoms with van der Waals surface area (Å²) in [5, 5.41) is 23.3. The van der Waals surface area contributed by atoms with Gasteiger partial charge in [0.25, 0.3) is 0 Å². The highest BCUT2D eigenvalue weighted by atomic mass is 16.3. The average molecular weight is 581 g/mol. The molecule has 0 bridgehead atoms. The van der Waals surface area contributed by atoms with E-state index in [9.17, 15) is 10.2 Å². The molecule has 0 heterocycles. The van der Waals surface area contributed by atoms with E-state index in [0.717, 1.165) is 61.3 Å². The lowest BCUT2D eigenvalue weighted by atomic mass is 9.78. The Kier molecular flexibility index (Phi) is 11.8. The van der Waals surface area contributed by atoms with Crippen LogP contribution in [0, 0.1) is 0 Å². The summed E-state index contributed by atoms with van der Waals surface area (Å²) in [6, 6.07) is 8.81. The van der Waals surface area contributed by atoms with Crippen molar-refractivity contribution in [3.63, 3.8) is 0 Å². The van der Waals surface area contributed by atoms with Gasteiger partial charge >= 0.3 is 0 Å². The van der Waals surface area contributed by atoms with E-state index in [-0.39, 0.29) is 21.7 Å². The van der Waals surface area contributed by atoms with E-state index < -0.39 is 0 Å². The van der Waals surface area contributed by atoms with Crippen molar-refractivity contribution in [3.8, 4) is 11.5 Å². The first-order valence-corrected chi connectivity index (χ1v) is 16.3. The van der Waals surface area contributed by atoms with E-state index in [1.54, 1.807) is 0 Å². The molecule has 0 fully saturated rings. The van der Waals surface area contributed by atoms with E-state index in [1.165, 1.54) is 11.1 Å². The maximum Gasteiger partial charge on any atom is 0.123 e. The molecule has 0 saturated heterocycles. The van der Waals surface area contributed by atoms with E-state index in [1.807, 2.05) is 0 Å². The average Bonchev–Trinajstić information content (AvgIpc) is 2.82. The highest BCUT2D eigenvalue weighted by Crippen LogP contribution is 2.40. The third kappa shape index (κ3) is 9.74. The third-order valence-corrected chi connectivity index (χ3v) is 8.33. The van der Waals surface area contributed by atoms with Gasteiger partial charge in [-0.25, -0.2) is 0 Å². The Balaban J connectivity index is 2.68. The maximum atomic E-state index is 11.6. The fourth-order valence-electron chi connectivity index (χ4n) is 5.59. The lowest BCUT2D eigenvalue weighted by molar-refractivity contribution is 0.189. The molecule has 238 valence electrons. The van der Waals surface area contributed by atoms with Crippen molar-refractivity contribution in [3.05, 3.63) is 57.6 Å². The Morgan fingerprint density at radius 2 is 0.810 bits per heavy atom. The number of phenols is 2. The molecule has 0 aliphatic rings. The summed E-state index contributed by atoms with van der Waals surface area (Å²) in [5.41, 5.74) is 5.99. The number of nitrogens with zero attached hydrogens (tertiary/aromatic N) is 2. The molecule has 4 nitrogen and oxygen atoms in total. The number of benzene rings is 2. The molecule has 0 spiro atoms. The van der Waals surface area contributed by atoms with E-state index >= 15 is 0 Å². The monoisotopic (exact) mass is 580 g/mol. The van der Waals surface area contributed by atoms with Crippen molar-refractivity contribution in [2.24, 2.45) is 0 Å². The molecule has 0 radical (unpaired) electrons. The number of aromatic hydroxyl groups is 2. The fourth-order valence-corrected chi connectivity index (χ4v) is 5.59. The number of hydrogen-bond donors (Lipinski definition) is 2. The molecule has 0 saturated carbocycles. The Labute approximate surface area is 259 Å². The molecule has 2 N–H and O–H groups in total. The van der Waals surface area contributed by atoms with Gasteiger partial charge in [-0.1, -0.05) is 121 Å². The largest absolute Gasteiger partial charge is 0.507 e. The lowest BCUT2D eigenvalue weighted by Crippen LogP contribution is -2.36. The molecule has 2 aromatic carbocycles. The normalized spacial score (nSPS) is 13.4. The minimum absolute atomic E-state index is 0.0345. The van der Waals surface area contributed by atoms with Crippen LogP contribution in [0.1, 0.15) is 143 Å². The van der Waals surface area contributed by atoms with Gasteiger partial charge in [-0.05, 0) is 69.8 Å². The first kappa shape index (κ1) is 36.2. The fraction of sp³-hybridized carbons (Fsp3) is 0.684. The third-order valence-electron chi connectivity index (χ3n) is 8.33. The summed E-state index contributed by atoms with van der Waals surface area (Å²) < 4.78 is 0. The first-order valence-electron chi connectivity index (χ1n) is 16.3. The summed E-state index contributed by atoms with van der Waals surface area (Å²) >= 11 is 0. The second-order valence-corrected chi connectivity index (χ2v) is 16.6. The van der Waals surface area contributed by atoms with Crippen molar-refractivity contribution in [2.45, 2.75) is 145 Å². The van der Waals surface area contributed by atoms with Crippen LogP contribution in [0.25, 0.3) is 0 Å². The van der Waals surface area contributed by atoms with Crippen LogP contribution in [0.4, 0.5) is 0 Å². The van der Waals surface area contributed by atoms with E-state index in [0.29, 0.717) is 24.6 Å². The van der Waals surface area contributed by atoms with Crippen LogP contribution < -0.4 is 0 Å². The lowest BCUT2D eigenvalue weighted by Gasteiger charge is -2.32. The van der Waals surface area contributed by atoms with Gasteiger partial charge in [-0.3, -0.25) is 4.90 Å². The van der Waals surface area contributed by atoms with Gasteiger partial charge in [0.15, 0.2) is 0 Å². The molecule has 4 heteroatoms. The summed E-state index contributed by atoms with van der Waals surface area (Å²) in [6.07, 6.45) is 2.26. The number of rotatable bonds is 11. The molecule has 0 aliphatic carbocycles. The van der Waals surface area contributed by atoms with Crippen LogP contribution in [0.2, 0.25) is 0 Å². The van der Waals surface area contributed by atoms with Crippen molar-refractivity contribution >= 4 is 0 Å². The standard InChI is InChI=1S/C38H64N2O2/c1-15-17-39(18-16-2)19-20-40(25-27-21-29(35(3,4)5)23-31(33(27)41)37(9,10)11)26-28-22-30(36(6,7)8)24-32(34(28)42)38(12,13)14/h21-24,41-42H,15-20,25-26H2,1-14H3. The molecule has 0 atom stereocenters. The minimum atomic E-state index is -0.176. The summed E-state index contributed by atoms with van der Waals surface area (Å²) in [6.45, 7) is 36.2. The zero-order valence-electron chi connectivity index (χ0n) is 29.8. The molecule has 2 aromatic rings. The molecular weight excluding hydrogens is 516 g/mol. The zero-order chi connectivity index (χ0) is 32.3. The van der Waals surface area contributed by atoms with Crippen molar-refractivity contribution in [2.75, 3.05) is 26.2 Å². The van der Waals surface area contributed by atoms with Gasteiger partial charge < -0.3 is 15.1 Å². The molecule has 2 rings (SSSR count). The molecule has 0 amide bonds. The summed E-state index contributed by atoms with van der Waals surface area (Å²) in [4.78, 5) is 4.98. The molecular formula is C38H64N2O2. The van der Waals surface area contributed by atoms with Gasteiger partial charge in [-0.15, -0.1) is 0 Å². The number of phenolic OH excluding ortho intramolecular Hbond substituents is 2. The number of hydrogen-bond acceptors (Lipinski definition) is 4. The van der Waals surface area contributed by atoms with Gasteiger partial charge in [0.2, 0.25) is 0 Å². The van der Waals surface area contributed by atoms with Crippen LogP contribution in [-0.2, 0) is 34.7 Å². The Hall–Kier alpha value is -2.04. The first-order chi connectivity index (χ1) is 19.1. The summed E-state index contributed by atoms with van der Waals surface area (Å²) in [5.74, 6) is 0.810. The topological polar surface area (TPSA) is 46.9 Å². The molecule has 0 unspecified atom stereocenters. The SMILES string of the molecule is CCCN(CCC)CCN(Cc1cc(C(C)(C)C)cc(C(C)(C)C)c1O)Cc1cc(C(C)(C)C)cc(C(C)(C)C)c1O. The van der Waals surface area contributed by atoms with Crippen molar-refractivity contribution < 1.29 is 10.2 Å². The smallest absolute Gasteiger partial charge is 0.123 e. The van der Waals surface area contributed by atoms with E-state index in [4.69, 9.17) is 0 Å². The highest BCUT2D eigenvalue weighted by Gasteiger charge is 2.28. The molecule has 0 aromatic heterocycles. The van der Waals surface area contributed by atoms with Crippen molar-refractivity contribution in [1.82, 2.24) is 9.80 Å². The van der Waals surface area contributed by atoms with E-state index in [2.05, 4.69) is 131 Å². The van der Waals surface area contributed by atoms with Gasteiger partial charge in [-0.2, -0.15) is 0 Å². The predicted octanol–water partition coefficient (Wildman–Crippen LogP) is 9.41. The maximum absolute atomic E-state index is 11.6. The van der Waals surface area contributed by atoms with Crippen molar-refractivity contribution in [1.29, 1.82) is 0 Å². The Morgan fingerprint density at radius 1 is 0.476 bits per heavy atom. The van der Waals surface area contributed by atoms with Gasteiger partial charge in [0.05, 0.1) is 0 Å². The Morgan fingerprint density at radius 3 is 1.10 bits per heavy atom. The van der Waals surface area contributed by atoms with Crippen LogP contribution in [0.5, 0.6) is 11.5 Å². The molecule has 42 heavy (non-hydrogen) atoms. The van der Waals surface area contributed by atoms with Crippen LogP contribution >= 0.6 is 0 Å². The second kappa shape index (κ2) is 13.7. The summed E-state index contributed by atoms with van der Waals surface area (Å²) in [7, 11) is 0. The van der Waals surface area contributed by atoms with Crippen LogP contribution in [0.15, 0.2) is 24.3 Å². The predicted molar refractivity (Wildman–Crippen MR) is 182 cm³/mol. The van der Waals surface area contributed by atoms with Gasteiger partial charge in [0.1, 0.15) is 11.5 Å². The second-order valence-electron chi connectivity index (χ2n) is 16.6. The zero-order valence-corrected chi connectivity index (χ0v) is 29.8. The highest BCUT2D eigenvalue weighted by molar-refractivity contribution is 5.50. The quantitative estimate of drug-likeness (QED) is 0.278.